The Morgan fingerprint density at radius 2 is 2.00 bits per heavy atom. The zero-order chi connectivity index (χ0) is 19.6. The van der Waals surface area contributed by atoms with Crippen molar-refractivity contribution in [2.45, 2.75) is 45.3 Å². The van der Waals surface area contributed by atoms with E-state index in [1.807, 2.05) is 0 Å². The summed E-state index contributed by atoms with van der Waals surface area (Å²) in [6.45, 7) is 8.38. The lowest BCUT2D eigenvalue weighted by atomic mass is 10.0. The molecule has 1 heterocycles. The van der Waals surface area contributed by atoms with Gasteiger partial charge in [-0.3, -0.25) is 10.1 Å². The number of ether oxygens (including phenoxy) is 1. The summed E-state index contributed by atoms with van der Waals surface area (Å²) < 4.78 is 5.11. The second-order valence-electron chi connectivity index (χ2n) is 7.06. The maximum atomic E-state index is 10.8. The van der Waals surface area contributed by atoms with Crippen LogP contribution in [-0.2, 0) is 11.3 Å². The van der Waals surface area contributed by atoms with Gasteiger partial charge in [0.1, 0.15) is 0 Å². The monoisotopic (exact) mass is 377 g/mol. The zero-order valence-electron chi connectivity index (χ0n) is 16.5. The van der Waals surface area contributed by atoms with Crippen molar-refractivity contribution in [1.29, 1.82) is 0 Å². The predicted octanol–water partition coefficient (Wildman–Crippen LogP) is 2.15. The van der Waals surface area contributed by atoms with E-state index in [0.717, 1.165) is 37.5 Å². The molecule has 0 unspecified atom stereocenters. The minimum atomic E-state index is -0.393. The van der Waals surface area contributed by atoms with E-state index in [1.165, 1.54) is 12.1 Å². The lowest BCUT2D eigenvalue weighted by molar-refractivity contribution is -0.384. The molecule has 1 saturated heterocycles. The molecule has 150 valence electrons. The molecule has 0 atom stereocenters. The average Bonchev–Trinajstić information content (AvgIpc) is 2.67. The Labute approximate surface area is 161 Å². The van der Waals surface area contributed by atoms with Crippen molar-refractivity contribution >= 4 is 11.6 Å². The molecule has 0 amide bonds. The number of rotatable bonds is 8. The topological polar surface area (TPSA) is 92.0 Å². The first-order valence-corrected chi connectivity index (χ1v) is 9.50. The number of piperidine rings is 1. The van der Waals surface area contributed by atoms with E-state index in [2.05, 4.69) is 34.4 Å². The van der Waals surface area contributed by atoms with Crippen molar-refractivity contribution in [1.82, 2.24) is 15.5 Å². The van der Waals surface area contributed by atoms with Gasteiger partial charge in [0, 0.05) is 51.0 Å². The summed E-state index contributed by atoms with van der Waals surface area (Å²) in [5.41, 5.74) is 1.03. The van der Waals surface area contributed by atoms with E-state index in [4.69, 9.17) is 4.74 Å². The minimum Gasteiger partial charge on any atom is -0.383 e. The number of guanidine groups is 1. The molecule has 2 N–H and O–H groups in total. The van der Waals surface area contributed by atoms with Crippen LogP contribution in [0.2, 0.25) is 0 Å². The van der Waals surface area contributed by atoms with Gasteiger partial charge in [-0.25, -0.2) is 4.99 Å². The number of non-ortho nitro benzene ring substituents is 1. The number of benzene rings is 1. The first-order valence-electron chi connectivity index (χ1n) is 9.50. The van der Waals surface area contributed by atoms with Gasteiger partial charge < -0.3 is 20.3 Å². The lowest BCUT2D eigenvalue weighted by Gasteiger charge is -2.35. The van der Waals surface area contributed by atoms with Gasteiger partial charge in [-0.2, -0.15) is 0 Å². The number of nitro benzene ring substituents is 1. The molecule has 8 nitrogen and oxygen atoms in total. The third kappa shape index (κ3) is 7.15. The smallest absolute Gasteiger partial charge is 0.269 e. The number of nitrogens with zero attached hydrogens (tertiary/aromatic N) is 3. The molecule has 0 spiro atoms. The first kappa shape index (κ1) is 21.1. The first-order chi connectivity index (χ1) is 13.0. The molecule has 0 aliphatic carbocycles. The number of likely N-dealkylation sites (tertiary alicyclic amines) is 1. The van der Waals surface area contributed by atoms with E-state index in [-0.39, 0.29) is 5.69 Å². The Kier molecular flexibility index (Phi) is 8.47. The van der Waals surface area contributed by atoms with Crippen molar-refractivity contribution in [3.05, 3.63) is 39.9 Å². The van der Waals surface area contributed by atoms with Crippen molar-refractivity contribution < 1.29 is 9.66 Å². The fourth-order valence-electron chi connectivity index (χ4n) is 3.07. The Hall–Kier alpha value is -2.19. The van der Waals surface area contributed by atoms with Crippen LogP contribution < -0.4 is 10.6 Å². The maximum absolute atomic E-state index is 10.8. The molecule has 0 aromatic heterocycles. The molecular weight excluding hydrogens is 346 g/mol. The molecule has 0 bridgehead atoms. The summed E-state index contributed by atoms with van der Waals surface area (Å²) in [6.07, 6.45) is 2.17. The third-order valence-corrected chi connectivity index (χ3v) is 4.77. The van der Waals surface area contributed by atoms with Crippen LogP contribution in [0.4, 0.5) is 5.69 Å². The van der Waals surface area contributed by atoms with Crippen molar-refractivity contribution in [3.63, 3.8) is 0 Å². The van der Waals surface area contributed by atoms with Crippen LogP contribution in [0.5, 0.6) is 0 Å². The van der Waals surface area contributed by atoms with Crippen LogP contribution >= 0.6 is 0 Å². The molecule has 1 aliphatic rings. The molecule has 0 saturated carbocycles. The summed E-state index contributed by atoms with van der Waals surface area (Å²) in [4.78, 5) is 17.5. The number of hydrogen-bond acceptors (Lipinski definition) is 5. The standard InChI is InChI=1S/C19H31N5O3/c1-15(2)23-11-8-17(9-12-23)22-19(20-10-13-27-3)21-14-16-4-6-18(7-5-16)24(25)26/h4-7,15,17H,8-14H2,1-3H3,(H2,20,21,22). The largest absolute Gasteiger partial charge is 0.383 e. The van der Waals surface area contributed by atoms with Gasteiger partial charge in [-0.1, -0.05) is 12.1 Å². The van der Waals surface area contributed by atoms with Crippen LogP contribution in [0, 0.1) is 10.1 Å². The van der Waals surface area contributed by atoms with E-state index in [0.29, 0.717) is 31.8 Å². The molecule has 8 heteroatoms. The molecule has 0 radical (unpaired) electrons. The van der Waals surface area contributed by atoms with Crippen LogP contribution in [0.15, 0.2) is 29.3 Å². The molecule has 1 fully saturated rings. The average molecular weight is 377 g/mol. The van der Waals surface area contributed by atoms with Gasteiger partial charge in [0.25, 0.3) is 5.69 Å². The van der Waals surface area contributed by atoms with Crippen molar-refractivity contribution in [3.8, 4) is 0 Å². The second-order valence-corrected chi connectivity index (χ2v) is 7.06. The van der Waals surface area contributed by atoms with Crippen LogP contribution in [0.1, 0.15) is 32.3 Å². The highest BCUT2D eigenvalue weighted by molar-refractivity contribution is 5.80. The number of methoxy groups -OCH3 is 1. The summed E-state index contributed by atoms with van der Waals surface area (Å²) >= 11 is 0. The quantitative estimate of drug-likeness (QED) is 0.237. The number of aliphatic imine (C=N–C) groups is 1. The summed E-state index contributed by atoms with van der Waals surface area (Å²) in [6, 6.07) is 7.49. The highest BCUT2D eigenvalue weighted by atomic mass is 16.6. The molecule has 1 aromatic rings. The summed E-state index contributed by atoms with van der Waals surface area (Å²) in [7, 11) is 1.67. The van der Waals surface area contributed by atoms with Gasteiger partial charge in [0.15, 0.2) is 5.96 Å². The molecule has 2 rings (SSSR count). The van der Waals surface area contributed by atoms with E-state index >= 15 is 0 Å². The minimum absolute atomic E-state index is 0.0937. The van der Waals surface area contributed by atoms with Gasteiger partial charge in [-0.05, 0) is 32.3 Å². The van der Waals surface area contributed by atoms with E-state index in [9.17, 15) is 10.1 Å². The Bertz CT molecular complexity index is 610. The van der Waals surface area contributed by atoms with Gasteiger partial charge in [0.2, 0.25) is 0 Å². The summed E-state index contributed by atoms with van der Waals surface area (Å²) in [5.74, 6) is 0.758. The number of nitrogens with one attached hydrogen (secondary N) is 2. The SMILES string of the molecule is COCCNC(=NCc1ccc([N+](=O)[O-])cc1)NC1CCN(C(C)C)CC1. The fraction of sp³-hybridized carbons (Fsp3) is 0.632. The van der Waals surface area contributed by atoms with E-state index < -0.39 is 4.92 Å². The highest BCUT2D eigenvalue weighted by Crippen LogP contribution is 2.14. The predicted molar refractivity (Wildman–Crippen MR) is 107 cm³/mol. The number of hydrogen-bond donors (Lipinski definition) is 2. The Morgan fingerprint density at radius 1 is 1.33 bits per heavy atom. The van der Waals surface area contributed by atoms with Crippen molar-refractivity contribution in [2.75, 3.05) is 33.4 Å². The fourth-order valence-corrected chi connectivity index (χ4v) is 3.07. The molecule has 27 heavy (non-hydrogen) atoms. The number of nitro groups is 1. The Balaban J connectivity index is 1.94. The van der Waals surface area contributed by atoms with E-state index in [1.54, 1.807) is 19.2 Å². The maximum Gasteiger partial charge on any atom is 0.269 e. The third-order valence-electron chi connectivity index (χ3n) is 4.77. The highest BCUT2D eigenvalue weighted by Gasteiger charge is 2.21. The van der Waals surface area contributed by atoms with Crippen molar-refractivity contribution in [2.24, 2.45) is 4.99 Å². The molecule has 1 aliphatic heterocycles. The van der Waals surface area contributed by atoms with Crippen LogP contribution in [0.25, 0.3) is 0 Å². The van der Waals surface area contributed by atoms with Crippen LogP contribution in [0.3, 0.4) is 0 Å². The zero-order valence-corrected chi connectivity index (χ0v) is 16.5. The molecule has 1 aromatic carbocycles. The summed E-state index contributed by atoms with van der Waals surface area (Å²) in [5, 5.41) is 17.6. The normalized spacial score (nSPS) is 16.5. The lowest BCUT2D eigenvalue weighted by Crippen LogP contribution is -2.50. The second kappa shape index (κ2) is 10.8. The Morgan fingerprint density at radius 3 is 2.56 bits per heavy atom. The van der Waals surface area contributed by atoms with Crippen LogP contribution in [-0.4, -0.2) is 61.2 Å². The molecular formula is C19H31N5O3. The van der Waals surface area contributed by atoms with Gasteiger partial charge in [0.05, 0.1) is 18.1 Å². The van der Waals surface area contributed by atoms with Gasteiger partial charge >= 0.3 is 0 Å². The van der Waals surface area contributed by atoms with Gasteiger partial charge in [-0.15, -0.1) is 0 Å².